The van der Waals surface area contributed by atoms with Crippen LogP contribution < -0.4 is 5.73 Å². The first-order valence-electron chi connectivity index (χ1n) is 4.12. The molecule has 70 valence electrons. The molecule has 0 bridgehead atoms. The molecule has 0 radical (unpaired) electrons. The third-order valence-corrected chi connectivity index (χ3v) is 2.29. The SMILES string of the molecule is NC1CCn2cnc([N+](=O)[O-])c2C1. The fourth-order valence-electron chi connectivity index (χ4n) is 1.61. The summed E-state index contributed by atoms with van der Waals surface area (Å²) in [7, 11) is 0. The van der Waals surface area contributed by atoms with Crippen molar-refractivity contribution < 1.29 is 4.92 Å². The molecule has 2 rings (SSSR count). The molecule has 0 aromatic carbocycles. The highest BCUT2D eigenvalue weighted by molar-refractivity contribution is 5.29. The average molecular weight is 182 g/mol. The van der Waals surface area contributed by atoms with Crippen molar-refractivity contribution in [3.8, 4) is 0 Å². The van der Waals surface area contributed by atoms with Crippen LogP contribution in [-0.2, 0) is 13.0 Å². The number of aromatic nitrogens is 2. The van der Waals surface area contributed by atoms with Gasteiger partial charge < -0.3 is 20.4 Å². The van der Waals surface area contributed by atoms with Crippen LogP contribution in [0.15, 0.2) is 6.33 Å². The zero-order chi connectivity index (χ0) is 9.42. The Hall–Kier alpha value is -1.43. The molecule has 1 aromatic heterocycles. The number of rotatable bonds is 1. The molecule has 0 saturated carbocycles. The molecule has 0 fully saturated rings. The molecule has 0 spiro atoms. The van der Waals surface area contributed by atoms with Gasteiger partial charge in [-0.3, -0.25) is 0 Å². The Labute approximate surface area is 74.5 Å². The minimum absolute atomic E-state index is 0.0305. The van der Waals surface area contributed by atoms with Gasteiger partial charge in [-0.2, -0.15) is 0 Å². The second-order valence-corrected chi connectivity index (χ2v) is 3.22. The Bertz CT molecular complexity index is 346. The highest BCUT2D eigenvalue weighted by Crippen LogP contribution is 2.22. The lowest BCUT2D eigenvalue weighted by molar-refractivity contribution is -0.390. The van der Waals surface area contributed by atoms with E-state index in [0.717, 1.165) is 13.0 Å². The van der Waals surface area contributed by atoms with Crippen molar-refractivity contribution in [3.63, 3.8) is 0 Å². The maximum Gasteiger partial charge on any atom is 0.384 e. The molecular weight excluding hydrogens is 172 g/mol. The van der Waals surface area contributed by atoms with Gasteiger partial charge in [0.05, 0.1) is 0 Å². The summed E-state index contributed by atoms with van der Waals surface area (Å²) < 4.78 is 1.81. The van der Waals surface area contributed by atoms with Crippen LogP contribution in [0.4, 0.5) is 5.82 Å². The predicted octanol–water partition coefficient (Wildman–Crippen LogP) is 0.0648. The summed E-state index contributed by atoms with van der Waals surface area (Å²) in [5.74, 6) is -0.0462. The molecule has 1 aromatic rings. The molecule has 0 amide bonds. The third-order valence-electron chi connectivity index (χ3n) is 2.29. The Morgan fingerprint density at radius 2 is 2.54 bits per heavy atom. The number of nitro groups is 1. The molecule has 1 atom stereocenters. The van der Waals surface area contributed by atoms with Crippen molar-refractivity contribution in [1.82, 2.24) is 9.55 Å². The Morgan fingerprint density at radius 1 is 1.77 bits per heavy atom. The predicted molar refractivity (Wildman–Crippen MR) is 45.2 cm³/mol. The fraction of sp³-hybridized carbons (Fsp3) is 0.571. The van der Waals surface area contributed by atoms with Crippen LogP contribution in [0.2, 0.25) is 0 Å². The molecular formula is C7H10N4O2. The van der Waals surface area contributed by atoms with E-state index in [1.165, 1.54) is 6.33 Å². The van der Waals surface area contributed by atoms with Crippen molar-refractivity contribution in [2.24, 2.45) is 5.73 Å². The Morgan fingerprint density at radius 3 is 3.23 bits per heavy atom. The summed E-state index contributed by atoms with van der Waals surface area (Å²) in [6.45, 7) is 0.733. The number of nitrogens with two attached hydrogens (primary N) is 1. The largest absolute Gasteiger partial charge is 0.384 e. The molecule has 2 heterocycles. The summed E-state index contributed by atoms with van der Waals surface area (Å²) in [4.78, 5) is 13.8. The lowest BCUT2D eigenvalue weighted by Gasteiger charge is -2.18. The number of hydrogen-bond acceptors (Lipinski definition) is 4. The van der Waals surface area contributed by atoms with Crippen molar-refractivity contribution in [2.45, 2.75) is 25.4 Å². The van der Waals surface area contributed by atoms with Crippen molar-refractivity contribution in [2.75, 3.05) is 0 Å². The van der Waals surface area contributed by atoms with Crippen LogP contribution in [-0.4, -0.2) is 20.5 Å². The van der Waals surface area contributed by atoms with E-state index in [2.05, 4.69) is 4.98 Å². The van der Waals surface area contributed by atoms with Crippen LogP contribution in [0.25, 0.3) is 0 Å². The lowest BCUT2D eigenvalue weighted by Crippen LogP contribution is -2.30. The van der Waals surface area contributed by atoms with E-state index in [-0.39, 0.29) is 11.9 Å². The van der Waals surface area contributed by atoms with E-state index < -0.39 is 4.92 Å². The van der Waals surface area contributed by atoms with E-state index in [4.69, 9.17) is 5.73 Å². The van der Waals surface area contributed by atoms with Gasteiger partial charge in [0.2, 0.25) is 6.33 Å². The van der Waals surface area contributed by atoms with Gasteiger partial charge in [0, 0.05) is 19.0 Å². The van der Waals surface area contributed by atoms with Crippen molar-refractivity contribution >= 4 is 5.82 Å². The summed E-state index contributed by atoms with van der Waals surface area (Å²) >= 11 is 0. The number of aryl methyl sites for hydroxylation is 1. The first kappa shape index (κ1) is 8.18. The van der Waals surface area contributed by atoms with E-state index in [9.17, 15) is 10.1 Å². The van der Waals surface area contributed by atoms with Gasteiger partial charge in [-0.05, 0) is 16.3 Å². The van der Waals surface area contributed by atoms with Gasteiger partial charge >= 0.3 is 5.82 Å². The fourth-order valence-corrected chi connectivity index (χ4v) is 1.61. The molecule has 2 N–H and O–H groups in total. The summed E-state index contributed by atoms with van der Waals surface area (Å²) in [5, 5.41) is 10.5. The normalized spacial score (nSPS) is 21.2. The van der Waals surface area contributed by atoms with Crippen LogP contribution in [0, 0.1) is 10.1 Å². The lowest BCUT2D eigenvalue weighted by atomic mass is 10.1. The zero-order valence-corrected chi connectivity index (χ0v) is 7.01. The number of nitrogens with zero attached hydrogens (tertiary/aromatic N) is 3. The quantitative estimate of drug-likeness (QED) is 0.491. The third kappa shape index (κ3) is 1.29. The van der Waals surface area contributed by atoms with E-state index in [1.54, 1.807) is 0 Å². The maximum absolute atomic E-state index is 10.5. The van der Waals surface area contributed by atoms with E-state index >= 15 is 0 Å². The second-order valence-electron chi connectivity index (χ2n) is 3.22. The first-order valence-corrected chi connectivity index (χ1v) is 4.12. The van der Waals surface area contributed by atoms with Crippen molar-refractivity contribution in [3.05, 3.63) is 22.1 Å². The standard InChI is InChI=1S/C7H10N4O2/c8-5-1-2-10-4-9-7(11(12)13)6(10)3-5/h4-5H,1-3,8H2. The minimum Gasteiger partial charge on any atom is -0.358 e. The monoisotopic (exact) mass is 182 g/mol. The molecule has 6 heteroatoms. The molecule has 1 aliphatic heterocycles. The van der Waals surface area contributed by atoms with E-state index in [0.29, 0.717) is 12.1 Å². The number of imidazole rings is 1. The average Bonchev–Trinajstić information content (AvgIpc) is 2.46. The van der Waals surface area contributed by atoms with Gasteiger partial charge in [-0.15, -0.1) is 0 Å². The Balaban J connectivity index is 2.41. The van der Waals surface area contributed by atoms with Crippen LogP contribution >= 0.6 is 0 Å². The van der Waals surface area contributed by atoms with Gasteiger partial charge in [-0.1, -0.05) is 0 Å². The first-order chi connectivity index (χ1) is 6.18. The summed E-state index contributed by atoms with van der Waals surface area (Å²) in [5.41, 5.74) is 6.37. The molecule has 13 heavy (non-hydrogen) atoms. The molecule has 0 aliphatic carbocycles. The molecule has 1 aliphatic rings. The van der Waals surface area contributed by atoms with Crippen LogP contribution in [0.3, 0.4) is 0 Å². The number of hydrogen-bond donors (Lipinski definition) is 1. The zero-order valence-electron chi connectivity index (χ0n) is 7.01. The molecule has 6 nitrogen and oxygen atoms in total. The van der Waals surface area contributed by atoms with Crippen LogP contribution in [0.1, 0.15) is 12.1 Å². The maximum atomic E-state index is 10.5. The van der Waals surface area contributed by atoms with E-state index in [1.807, 2.05) is 4.57 Å². The number of fused-ring (bicyclic) bond motifs is 1. The smallest absolute Gasteiger partial charge is 0.358 e. The highest BCUT2D eigenvalue weighted by Gasteiger charge is 2.26. The summed E-state index contributed by atoms with van der Waals surface area (Å²) in [6.07, 6.45) is 2.93. The topological polar surface area (TPSA) is 87.0 Å². The van der Waals surface area contributed by atoms with Gasteiger partial charge in [-0.25, -0.2) is 0 Å². The van der Waals surface area contributed by atoms with Gasteiger partial charge in [0.15, 0.2) is 0 Å². The molecule has 0 saturated heterocycles. The van der Waals surface area contributed by atoms with Crippen LogP contribution in [0.5, 0.6) is 0 Å². The van der Waals surface area contributed by atoms with Gasteiger partial charge in [0.1, 0.15) is 5.69 Å². The summed E-state index contributed by atoms with van der Waals surface area (Å²) in [6, 6.07) is 0.0305. The molecule has 1 unspecified atom stereocenters. The van der Waals surface area contributed by atoms with Crippen molar-refractivity contribution in [1.29, 1.82) is 0 Å². The minimum atomic E-state index is -0.454. The highest BCUT2D eigenvalue weighted by atomic mass is 16.6. The Kier molecular flexibility index (Phi) is 1.77. The second kappa shape index (κ2) is 2.81. The van der Waals surface area contributed by atoms with Gasteiger partial charge in [0.25, 0.3) is 0 Å².